The molecule has 0 bridgehead atoms. The molecule has 7 nitrogen and oxygen atoms in total. The first-order valence-corrected chi connectivity index (χ1v) is 10.2. The van der Waals surface area contributed by atoms with Crippen molar-refractivity contribution in [2.45, 2.75) is 30.7 Å². The zero-order valence-corrected chi connectivity index (χ0v) is 16.2. The van der Waals surface area contributed by atoms with Crippen molar-refractivity contribution >= 4 is 27.5 Å². The van der Waals surface area contributed by atoms with Crippen molar-refractivity contribution in [3.05, 3.63) is 52.4 Å². The minimum atomic E-state index is -3.83. The number of hydrogen-bond acceptors (Lipinski definition) is 5. The summed E-state index contributed by atoms with van der Waals surface area (Å²) < 4.78 is 32.4. The fourth-order valence-electron chi connectivity index (χ4n) is 2.99. The van der Waals surface area contributed by atoms with Crippen molar-refractivity contribution in [3.8, 4) is 6.07 Å². The van der Waals surface area contributed by atoms with Crippen LogP contribution in [0.1, 0.15) is 34.7 Å². The van der Waals surface area contributed by atoms with Crippen LogP contribution in [0.4, 0.5) is 0 Å². The number of hydrogen-bond donors (Lipinski definition) is 1. The monoisotopic (exact) mass is 407 g/mol. The minimum absolute atomic E-state index is 0.0583. The summed E-state index contributed by atoms with van der Waals surface area (Å²) in [4.78, 5) is 12.1. The third kappa shape index (κ3) is 4.16. The third-order valence-corrected chi connectivity index (χ3v) is 6.61. The van der Waals surface area contributed by atoms with E-state index in [-0.39, 0.29) is 46.3 Å². The number of halogens is 1. The quantitative estimate of drug-likeness (QED) is 0.839. The molecule has 1 saturated heterocycles. The second-order valence-electron chi connectivity index (χ2n) is 6.31. The second-order valence-corrected chi connectivity index (χ2v) is 8.66. The van der Waals surface area contributed by atoms with Gasteiger partial charge >= 0.3 is 0 Å². The van der Waals surface area contributed by atoms with Gasteiger partial charge in [-0.3, -0.25) is 4.79 Å². The lowest BCUT2D eigenvalue weighted by Gasteiger charge is -2.31. The van der Waals surface area contributed by atoms with Gasteiger partial charge in [-0.15, -0.1) is 0 Å². The summed E-state index contributed by atoms with van der Waals surface area (Å²) in [5.41, 5.74) is 0.0583. The highest BCUT2D eigenvalue weighted by Crippen LogP contribution is 2.26. The summed E-state index contributed by atoms with van der Waals surface area (Å²) in [7, 11) is -3.83. The topological polar surface area (TPSA) is 103 Å². The number of nitrogens with zero attached hydrogens (tertiary/aromatic N) is 2. The number of amides is 1. The standard InChI is InChI=1S/C18H18ClN3O4S/c1-12-2-5-16(26-12)18(23)21-15-6-8-22(9-7-15)27(24,25)17-10-14(19)4-3-13(17)11-20/h2-5,10,15H,6-9H2,1H3,(H,21,23). The van der Waals surface area contributed by atoms with E-state index >= 15 is 0 Å². The summed E-state index contributed by atoms with van der Waals surface area (Å²) in [5.74, 6) is 0.571. The molecule has 1 aromatic carbocycles. The predicted octanol–water partition coefficient (Wildman–Crippen LogP) is 2.70. The van der Waals surface area contributed by atoms with Gasteiger partial charge in [0.15, 0.2) is 5.76 Å². The summed E-state index contributed by atoms with van der Waals surface area (Å²) >= 11 is 5.91. The van der Waals surface area contributed by atoms with Crippen LogP contribution < -0.4 is 5.32 Å². The van der Waals surface area contributed by atoms with E-state index in [2.05, 4.69) is 5.32 Å². The number of carbonyl (C=O) groups excluding carboxylic acids is 1. The number of sulfonamides is 1. The maximum absolute atomic E-state index is 12.9. The SMILES string of the molecule is Cc1ccc(C(=O)NC2CCN(S(=O)(=O)c3cc(Cl)ccc3C#N)CC2)o1. The molecule has 0 aliphatic carbocycles. The average Bonchev–Trinajstić information content (AvgIpc) is 3.09. The Labute approximate surface area is 162 Å². The van der Waals surface area contributed by atoms with E-state index in [1.807, 2.05) is 6.07 Å². The number of benzene rings is 1. The van der Waals surface area contributed by atoms with E-state index in [0.717, 1.165) is 0 Å². The fraction of sp³-hybridized carbons (Fsp3) is 0.333. The Morgan fingerprint density at radius 3 is 2.59 bits per heavy atom. The smallest absolute Gasteiger partial charge is 0.287 e. The van der Waals surface area contributed by atoms with Gasteiger partial charge in [0, 0.05) is 24.2 Å². The molecular weight excluding hydrogens is 390 g/mol. The Balaban J connectivity index is 1.67. The zero-order valence-electron chi connectivity index (χ0n) is 14.6. The van der Waals surface area contributed by atoms with Gasteiger partial charge in [0.05, 0.1) is 5.56 Å². The Hall–Kier alpha value is -2.34. The minimum Gasteiger partial charge on any atom is -0.456 e. The highest BCUT2D eigenvalue weighted by molar-refractivity contribution is 7.89. The van der Waals surface area contributed by atoms with Crippen LogP contribution in [0.5, 0.6) is 0 Å². The molecule has 2 aromatic rings. The van der Waals surface area contributed by atoms with Crippen molar-refractivity contribution in [1.82, 2.24) is 9.62 Å². The number of carbonyl (C=O) groups is 1. The van der Waals surface area contributed by atoms with Crippen LogP contribution >= 0.6 is 11.6 Å². The van der Waals surface area contributed by atoms with Gasteiger partial charge in [0.25, 0.3) is 5.91 Å². The molecule has 9 heteroatoms. The molecule has 1 fully saturated rings. The van der Waals surface area contributed by atoms with Crippen molar-refractivity contribution in [2.24, 2.45) is 0 Å². The molecule has 0 atom stereocenters. The lowest BCUT2D eigenvalue weighted by molar-refractivity contribution is 0.0894. The molecule has 142 valence electrons. The first kappa shape index (κ1) is 19.4. The molecule has 0 unspecified atom stereocenters. The van der Waals surface area contributed by atoms with Crippen LogP contribution in [0.3, 0.4) is 0 Å². The number of nitriles is 1. The largest absolute Gasteiger partial charge is 0.456 e. The number of piperidine rings is 1. The van der Waals surface area contributed by atoms with E-state index in [1.165, 1.54) is 22.5 Å². The number of aryl methyl sites for hydroxylation is 1. The molecule has 1 aliphatic heterocycles. The molecule has 2 heterocycles. The van der Waals surface area contributed by atoms with Gasteiger partial charge in [-0.05, 0) is 50.1 Å². The first-order valence-electron chi connectivity index (χ1n) is 8.38. The molecule has 1 N–H and O–H groups in total. The molecule has 1 aromatic heterocycles. The molecule has 1 aliphatic rings. The van der Waals surface area contributed by atoms with Gasteiger partial charge in [0.1, 0.15) is 16.7 Å². The number of rotatable bonds is 4. The maximum atomic E-state index is 12.9. The lowest BCUT2D eigenvalue weighted by Crippen LogP contribution is -2.46. The van der Waals surface area contributed by atoms with Gasteiger partial charge in [0.2, 0.25) is 10.0 Å². The molecule has 3 rings (SSSR count). The van der Waals surface area contributed by atoms with Crippen molar-refractivity contribution in [2.75, 3.05) is 13.1 Å². The van der Waals surface area contributed by atoms with E-state index in [0.29, 0.717) is 18.6 Å². The molecule has 0 saturated carbocycles. The normalized spacial score (nSPS) is 16.0. The van der Waals surface area contributed by atoms with Crippen molar-refractivity contribution in [1.29, 1.82) is 5.26 Å². The van der Waals surface area contributed by atoms with E-state index in [9.17, 15) is 18.5 Å². The van der Waals surface area contributed by atoms with Crippen molar-refractivity contribution < 1.29 is 17.6 Å². The Morgan fingerprint density at radius 2 is 2.00 bits per heavy atom. The molecule has 27 heavy (non-hydrogen) atoms. The molecule has 0 spiro atoms. The van der Waals surface area contributed by atoms with Crippen LogP contribution in [0.2, 0.25) is 5.02 Å². The Kier molecular flexibility index (Phi) is 5.56. The predicted molar refractivity (Wildman–Crippen MR) is 98.9 cm³/mol. The third-order valence-electron chi connectivity index (χ3n) is 4.44. The zero-order chi connectivity index (χ0) is 19.6. The van der Waals surface area contributed by atoms with E-state index in [1.54, 1.807) is 19.1 Å². The lowest BCUT2D eigenvalue weighted by atomic mass is 10.1. The van der Waals surface area contributed by atoms with Crippen molar-refractivity contribution in [3.63, 3.8) is 0 Å². The summed E-state index contributed by atoms with van der Waals surface area (Å²) in [5, 5.41) is 12.3. The maximum Gasteiger partial charge on any atom is 0.287 e. The number of furan rings is 1. The summed E-state index contributed by atoms with van der Waals surface area (Å²) in [6.45, 7) is 2.23. The molecule has 0 radical (unpaired) electrons. The van der Waals surface area contributed by atoms with Crippen LogP contribution in [0, 0.1) is 18.3 Å². The fourth-order valence-corrected chi connectivity index (χ4v) is 4.87. The summed E-state index contributed by atoms with van der Waals surface area (Å²) in [6, 6.07) is 9.23. The summed E-state index contributed by atoms with van der Waals surface area (Å²) in [6.07, 6.45) is 0.931. The molecular formula is C18H18ClN3O4S. The second kappa shape index (κ2) is 7.72. The van der Waals surface area contributed by atoms with Gasteiger partial charge in [-0.2, -0.15) is 9.57 Å². The highest BCUT2D eigenvalue weighted by atomic mass is 35.5. The molecule has 1 amide bonds. The van der Waals surface area contributed by atoms with Crippen LogP contribution in [0.15, 0.2) is 39.6 Å². The Morgan fingerprint density at radius 1 is 1.30 bits per heavy atom. The highest BCUT2D eigenvalue weighted by Gasteiger charge is 2.32. The van der Waals surface area contributed by atoms with Crippen LogP contribution in [-0.4, -0.2) is 37.8 Å². The van der Waals surface area contributed by atoms with Gasteiger partial charge in [-0.25, -0.2) is 8.42 Å². The van der Waals surface area contributed by atoms with Gasteiger partial charge in [-0.1, -0.05) is 11.6 Å². The first-order chi connectivity index (χ1) is 12.8. The van der Waals surface area contributed by atoms with Crippen LogP contribution in [-0.2, 0) is 10.0 Å². The van der Waals surface area contributed by atoms with E-state index in [4.69, 9.17) is 16.0 Å². The average molecular weight is 408 g/mol. The number of nitrogens with one attached hydrogen (secondary N) is 1. The van der Waals surface area contributed by atoms with Crippen LogP contribution in [0.25, 0.3) is 0 Å². The Bertz CT molecular complexity index is 1000. The van der Waals surface area contributed by atoms with E-state index < -0.39 is 10.0 Å². The van der Waals surface area contributed by atoms with Gasteiger partial charge < -0.3 is 9.73 Å².